The number of hydrogen-bond donors (Lipinski definition) is 2. The third-order valence-electron chi connectivity index (χ3n) is 2.62. The van der Waals surface area contributed by atoms with Crippen molar-refractivity contribution < 1.29 is 9.18 Å². The van der Waals surface area contributed by atoms with Crippen molar-refractivity contribution in [1.29, 1.82) is 0 Å². The van der Waals surface area contributed by atoms with Crippen LogP contribution in [0.25, 0.3) is 0 Å². The quantitative estimate of drug-likeness (QED) is 0.903. The number of carbonyl (C=O) groups is 1. The number of halogens is 2. The van der Waals surface area contributed by atoms with Crippen LogP contribution < -0.4 is 11.1 Å². The lowest BCUT2D eigenvalue weighted by molar-refractivity contribution is -0.118. The maximum atomic E-state index is 12.8. The lowest BCUT2D eigenvalue weighted by atomic mass is 10.1. The largest absolute Gasteiger partial charge is 0.370 e. The third kappa shape index (κ3) is 3.45. The molecule has 98 valence electrons. The van der Waals surface area contributed by atoms with Gasteiger partial charge in [0, 0.05) is 10.7 Å². The predicted molar refractivity (Wildman–Crippen MR) is 73.4 cm³/mol. The van der Waals surface area contributed by atoms with Crippen LogP contribution in [-0.2, 0) is 4.79 Å². The van der Waals surface area contributed by atoms with Gasteiger partial charge < -0.3 is 11.1 Å². The van der Waals surface area contributed by atoms with Crippen molar-refractivity contribution in [1.82, 2.24) is 0 Å². The maximum Gasteiger partial charge on any atom is 0.244 e. The highest BCUT2D eigenvalue weighted by atomic mass is 35.5. The van der Waals surface area contributed by atoms with Crippen LogP contribution in [0.3, 0.4) is 0 Å². The summed E-state index contributed by atoms with van der Waals surface area (Å²) < 4.78 is 12.8. The molecule has 0 heterocycles. The summed E-state index contributed by atoms with van der Waals surface area (Å²) in [5.41, 5.74) is 6.64. The molecule has 0 radical (unpaired) electrons. The Hall–Kier alpha value is -2.07. The molecule has 0 aliphatic rings. The van der Waals surface area contributed by atoms with Gasteiger partial charge in [0.2, 0.25) is 5.91 Å². The van der Waals surface area contributed by atoms with Crippen LogP contribution in [0.4, 0.5) is 10.1 Å². The van der Waals surface area contributed by atoms with Crippen molar-refractivity contribution in [3.05, 3.63) is 64.9 Å². The van der Waals surface area contributed by atoms with E-state index >= 15 is 0 Å². The molecule has 3 nitrogen and oxygen atoms in total. The van der Waals surface area contributed by atoms with E-state index in [-0.39, 0.29) is 5.82 Å². The van der Waals surface area contributed by atoms with Crippen LogP contribution in [-0.4, -0.2) is 5.91 Å². The minimum absolute atomic E-state index is 0.344. The van der Waals surface area contributed by atoms with Crippen LogP contribution in [0.5, 0.6) is 0 Å². The lowest BCUT2D eigenvalue weighted by Crippen LogP contribution is -2.27. The van der Waals surface area contributed by atoms with Gasteiger partial charge in [-0.25, -0.2) is 4.39 Å². The molecule has 1 unspecified atom stereocenters. The average molecular weight is 279 g/mol. The third-order valence-corrected chi connectivity index (χ3v) is 2.86. The second-order valence-corrected chi connectivity index (χ2v) is 4.48. The van der Waals surface area contributed by atoms with Gasteiger partial charge >= 0.3 is 0 Å². The highest BCUT2D eigenvalue weighted by molar-refractivity contribution is 6.30. The minimum atomic E-state index is -0.718. The van der Waals surface area contributed by atoms with Gasteiger partial charge in [-0.1, -0.05) is 23.7 Å². The van der Waals surface area contributed by atoms with Crippen molar-refractivity contribution in [2.45, 2.75) is 6.04 Å². The molecule has 0 aliphatic heterocycles. The fourth-order valence-corrected chi connectivity index (χ4v) is 1.92. The van der Waals surface area contributed by atoms with Crippen LogP contribution >= 0.6 is 11.6 Å². The summed E-state index contributed by atoms with van der Waals surface area (Å²) in [6, 6.07) is 11.8. The fraction of sp³-hybridized carbons (Fsp3) is 0.0714. The van der Waals surface area contributed by atoms with Crippen molar-refractivity contribution >= 4 is 23.2 Å². The number of benzene rings is 2. The number of rotatable bonds is 4. The molecule has 0 spiro atoms. The Bertz CT molecular complexity index is 586. The number of nitrogens with two attached hydrogens (primary N) is 1. The number of primary amides is 1. The Morgan fingerprint density at radius 3 is 2.47 bits per heavy atom. The summed E-state index contributed by atoms with van der Waals surface area (Å²) in [6.07, 6.45) is 0. The lowest BCUT2D eigenvalue weighted by Gasteiger charge is -2.17. The van der Waals surface area contributed by atoms with E-state index < -0.39 is 11.9 Å². The maximum absolute atomic E-state index is 12.8. The summed E-state index contributed by atoms with van der Waals surface area (Å²) in [4.78, 5) is 11.5. The smallest absolute Gasteiger partial charge is 0.244 e. The summed E-state index contributed by atoms with van der Waals surface area (Å²) >= 11 is 5.89. The monoisotopic (exact) mass is 278 g/mol. The summed E-state index contributed by atoms with van der Waals surface area (Å²) in [5.74, 6) is -0.879. The number of amides is 1. The molecular formula is C14H12ClFN2O. The Morgan fingerprint density at radius 1 is 1.21 bits per heavy atom. The normalized spacial score (nSPS) is 11.9. The molecule has 3 N–H and O–H groups in total. The Labute approximate surface area is 115 Å². The molecular weight excluding hydrogens is 267 g/mol. The summed E-state index contributed by atoms with van der Waals surface area (Å²) in [6.45, 7) is 0. The first-order valence-electron chi connectivity index (χ1n) is 5.63. The van der Waals surface area contributed by atoms with E-state index in [0.717, 1.165) is 0 Å². The van der Waals surface area contributed by atoms with Crippen LogP contribution in [0.1, 0.15) is 11.6 Å². The molecule has 19 heavy (non-hydrogen) atoms. The number of anilines is 1. The second kappa shape index (κ2) is 5.71. The molecule has 0 aliphatic carbocycles. The van der Waals surface area contributed by atoms with E-state index in [4.69, 9.17) is 17.3 Å². The van der Waals surface area contributed by atoms with Crippen molar-refractivity contribution in [2.24, 2.45) is 5.73 Å². The molecule has 0 saturated heterocycles. The van der Waals surface area contributed by atoms with E-state index in [1.165, 1.54) is 24.3 Å². The van der Waals surface area contributed by atoms with Crippen LogP contribution in [0.15, 0.2) is 48.5 Å². The molecule has 2 rings (SSSR count). The van der Waals surface area contributed by atoms with Gasteiger partial charge in [0.05, 0.1) is 0 Å². The van der Waals surface area contributed by atoms with Crippen molar-refractivity contribution in [3.63, 3.8) is 0 Å². The summed E-state index contributed by atoms with van der Waals surface area (Å²) in [5, 5.41) is 3.47. The molecule has 5 heteroatoms. The van der Waals surface area contributed by atoms with Crippen molar-refractivity contribution in [2.75, 3.05) is 5.32 Å². The van der Waals surface area contributed by atoms with E-state index in [2.05, 4.69) is 5.32 Å². The molecule has 0 aromatic heterocycles. The molecule has 0 bridgehead atoms. The van der Waals surface area contributed by atoms with E-state index in [0.29, 0.717) is 16.3 Å². The first kappa shape index (κ1) is 13.4. The predicted octanol–water partition coefficient (Wildman–Crippen LogP) is 3.12. The molecule has 0 fully saturated rings. The van der Waals surface area contributed by atoms with E-state index in [1.54, 1.807) is 24.3 Å². The first-order chi connectivity index (χ1) is 9.06. The number of carbonyl (C=O) groups excluding carboxylic acids is 1. The van der Waals surface area contributed by atoms with Gasteiger partial charge in [-0.15, -0.1) is 0 Å². The van der Waals surface area contributed by atoms with Gasteiger partial charge in [-0.3, -0.25) is 4.79 Å². The SMILES string of the molecule is NC(=O)C(Nc1ccc(F)cc1)c1cccc(Cl)c1. The van der Waals surface area contributed by atoms with Gasteiger partial charge in [-0.05, 0) is 42.0 Å². The fourth-order valence-electron chi connectivity index (χ4n) is 1.72. The van der Waals surface area contributed by atoms with E-state index in [9.17, 15) is 9.18 Å². The number of hydrogen-bond acceptors (Lipinski definition) is 2. The molecule has 2 aromatic carbocycles. The topological polar surface area (TPSA) is 55.1 Å². The van der Waals surface area contributed by atoms with Gasteiger partial charge in [0.25, 0.3) is 0 Å². The van der Waals surface area contributed by atoms with Crippen LogP contribution in [0.2, 0.25) is 5.02 Å². The first-order valence-corrected chi connectivity index (χ1v) is 6.01. The molecule has 0 saturated carbocycles. The highest BCUT2D eigenvalue weighted by Crippen LogP contribution is 2.22. The molecule has 1 amide bonds. The zero-order chi connectivity index (χ0) is 13.8. The standard InChI is InChI=1S/C14H12ClFN2O/c15-10-3-1-2-9(8-10)13(14(17)19)18-12-6-4-11(16)5-7-12/h1-8,13,18H,(H2,17,19). The summed E-state index contributed by atoms with van der Waals surface area (Å²) in [7, 11) is 0. The van der Waals surface area contributed by atoms with Gasteiger partial charge in [0.1, 0.15) is 11.9 Å². The zero-order valence-electron chi connectivity index (χ0n) is 9.94. The molecule has 1 atom stereocenters. The Balaban J connectivity index is 2.26. The van der Waals surface area contributed by atoms with Gasteiger partial charge in [-0.2, -0.15) is 0 Å². The Kier molecular flexibility index (Phi) is 4.02. The van der Waals surface area contributed by atoms with Gasteiger partial charge in [0.15, 0.2) is 0 Å². The second-order valence-electron chi connectivity index (χ2n) is 4.04. The zero-order valence-corrected chi connectivity index (χ0v) is 10.7. The number of nitrogens with one attached hydrogen (secondary N) is 1. The minimum Gasteiger partial charge on any atom is -0.370 e. The van der Waals surface area contributed by atoms with Crippen molar-refractivity contribution in [3.8, 4) is 0 Å². The Morgan fingerprint density at radius 2 is 1.89 bits per heavy atom. The molecule has 2 aromatic rings. The average Bonchev–Trinajstić information content (AvgIpc) is 2.37. The highest BCUT2D eigenvalue weighted by Gasteiger charge is 2.17. The van der Waals surface area contributed by atoms with E-state index in [1.807, 2.05) is 0 Å². The van der Waals surface area contributed by atoms with Crippen LogP contribution in [0, 0.1) is 5.82 Å².